The molecular weight excluding hydrogens is 400 g/mol. The SMILES string of the molecule is C\C=C/C(F)=C(Cl)\C=C(/C)NC(=O)c1ccc(F)c(SC2CCCCCC2)c1. The van der Waals surface area contributed by atoms with Gasteiger partial charge >= 0.3 is 0 Å². The van der Waals surface area contributed by atoms with Gasteiger partial charge in [-0.25, -0.2) is 8.78 Å². The van der Waals surface area contributed by atoms with Crippen molar-refractivity contribution in [1.29, 1.82) is 0 Å². The number of hydrogen-bond acceptors (Lipinski definition) is 2. The number of benzene rings is 1. The fourth-order valence-electron chi connectivity index (χ4n) is 3.05. The summed E-state index contributed by atoms with van der Waals surface area (Å²) in [5.41, 5.74) is 0.760. The molecule has 0 atom stereocenters. The quantitative estimate of drug-likeness (QED) is 0.383. The van der Waals surface area contributed by atoms with Crippen molar-refractivity contribution in [3.05, 3.63) is 64.4 Å². The van der Waals surface area contributed by atoms with E-state index in [4.69, 9.17) is 11.6 Å². The largest absolute Gasteiger partial charge is 0.326 e. The van der Waals surface area contributed by atoms with E-state index in [1.165, 1.54) is 67.8 Å². The Labute approximate surface area is 175 Å². The minimum absolute atomic E-state index is 0.0976. The van der Waals surface area contributed by atoms with Crippen LogP contribution in [0.1, 0.15) is 62.7 Å². The number of carbonyl (C=O) groups is 1. The maximum atomic E-state index is 14.2. The fraction of sp³-hybridized carbons (Fsp3) is 0.409. The molecular formula is C22H26ClF2NOS. The van der Waals surface area contributed by atoms with Crippen molar-refractivity contribution < 1.29 is 13.6 Å². The highest BCUT2D eigenvalue weighted by molar-refractivity contribution is 8.00. The molecule has 1 aromatic rings. The molecule has 0 radical (unpaired) electrons. The molecule has 1 aromatic carbocycles. The van der Waals surface area contributed by atoms with E-state index in [-0.39, 0.29) is 16.8 Å². The average molecular weight is 426 g/mol. The van der Waals surface area contributed by atoms with Gasteiger partial charge in [-0.1, -0.05) is 43.4 Å². The second kappa shape index (κ2) is 11.4. The fourth-order valence-corrected chi connectivity index (χ4v) is 4.58. The summed E-state index contributed by atoms with van der Waals surface area (Å²) in [5.74, 6) is -1.27. The van der Waals surface area contributed by atoms with Gasteiger partial charge in [0.1, 0.15) is 11.6 Å². The second-order valence-electron chi connectivity index (χ2n) is 6.85. The lowest BCUT2D eigenvalue weighted by atomic mass is 10.2. The van der Waals surface area contributed by atoms with E-state index in [1.54, 1.807) is 19.9 Å². The number of allylic oxidation sites excluding steroid dienone is 6. The van der Waals surface area contributed by atoms with Gasteiger partial charge < -0.3 is 5.32 Å². The zero-order chi connectivity index (χ0) is 20.5. The number of nitrogens with one attached hydrogen (secondary N) is 1. The number of hydrogen-bond donors (Lipinski definition) is 1. The highest BCUT2D eigenvalue weighted by atomic mass is 35.5. The van der Waals surface area contributed by atoms with Crippen molar-refractivity contribution in [3.8, 4) is 0 Å². The van der Waals surface area contributed by atoms with E-state index in [2.05, 4.69) is 5.32 Å². The van der Waals surface area contributed by atoms with Gasteiger partial charge in [0.15, 0.2) is 0 Å². The van der Waals surface area contributed by atoms with Crippen LogP contribution >= 0.6 is 23.4 Å². The minimum atomic E-state index is -0.582. The maximum Gasteiger partial charge on any atom is 0.255 e. The highest BCUT2D eigenvalue weighted by Crippen LogP contribution is 2.34. The Morgan fingerprint density at radius 1 is 1.25 bits per heavy atom. The van der Waals surface area contributed by atoms with Crippen LogP contribution < -0.4 is 5.32 Å². The van der Waals surface area contributed by atoms with Gasteiger partial charge in [0, 0.05) is 21.4 Å². The smallest absolute Gasteiger partial charge is 0.255 e. The summed E-state index contributed by atoms with van der Waals surface area (Å²) in [6.07, 6.45) is 11.1. The lowest BCUT2D eigenvalue weighted by Gasteiger charge is -2.15. The molecule has 1 N–H and O–H groups in total. The van der Waals surface area contributed by atoms with Crippen LogP contribution in [0.2, 0.25) is 0 Å². The molecule has 1 aliphatic carbocycles. The summed E-state index contributed by atoms with van der Waals surface area (Å²) in [5, 5.41) is 2.95. The first kappa shape index (κ1) is 22.7. The van der Waals surface area contributed by atoms with Gasteiger partial charge in [0.05, 0.1) is 5.03 Å². The number of carbonyl (C=O) groups excluding carboxylic acids is 1. The monoisotopic (exact) mass is 425 g/mol. The van der Waals surface area contributed by atoms with Gasteiger partial charge in [-0.05, 0) is 57.0 Å². The van der Waals surface area contributed by atoms with Crippen molar-refractivity contribution in [3.63, 3.8) is 0 Å². The highest BCUT2D eigenvalue weighted by Gasteiger charge is 2.17. The van der Waals surface area contributed by atoms with Gasteiger partial charge in [-0.15, -0.1) is 11.8 Å². The van der Waals surface area contributed by atoms with Crippen LogP contribution in [0, 0.1) is 5.82 Å². The standard InChI is InChI=1S/C22H26ClF2NOS/c1-3-8-19(24)18(23)13-15(2)26-22(27)16-11-12-20(25)21(14-16)28-17-9-6-4-5-7-10-17/h3,8,11-14,17H,4-7,9-10H2,1-2H3,(H,26,27)/b8-3-,15-13+,19-18-. The number of halogens is 3. The Bertz CT molecular complexity index is 781. The van der Waals surface area contributed by atoms with E-state index in [9.17, 15) is 13.6 Å². The third-order valence-corrected chi connectivity index (χ3v) is 6.15. The van der Waals surface area contributed by atoms with E-state index >= 15 is 0 Å². The molecule has 1 fully saturated rings. The van der Waals surface area contributed by atoms with E-state index in [1.807, 2.05) is 0 Å². The van der Waals surface area contributed by atoms with Crippen LogP contribution in [0.3, 0.4) is 0 Å². The lowest BCUT2D eigenvalue weighted by Crippen LogP contribution is -2.21. The molecule has 0 aliphatic heterocycles. The summed E-state index contributed by atoms with van der Waals surface area (Å²) in [7, 11) is 0. The molecule has 0 saturated heterocycles. The summed E-state index contributed by atoms with van der Waals surface area (Å²) in [6.45, 7) is 3.30. The van der Waals surface area contributed by atoms with E-state index in [0.29, 0.717) is 21.4 Å². The lowest BCUT2D eigenvalue weighted by molar-refractivity contribution is 0.0965. The van der Waals surface area contributed by atoms with Crippen LogP contribution in [0.4, 0.5) is 8.78 Å². The zero-order valence-electron chi connectivity index (χ0n) is 16.2. The summed E-state index contributed by atoms with van der Waals surface area (Å²) >= 11 is 7.39. The Morgan fingerprint density at radius 3 is 2.57 bits per heavy atom. The predicted octanol–water partition coefficient (Wildman–Crippen LogP) is 7.27. The van der Waals surface area contributed by atoms with Crippen LogP contribution in [0.15, 0.2) is 57.9 Å². The van der Waals surface area contributed by atoms with Crippen LogP contribution in [0.25, 0.3) is 0 Å². The van der Waals surface area contributed by atoms with Crippen molar-refractivity contribution in [2.45, 2.75) is 62.5 Å². The van der Waals surface area contributed by atoms with Crippen LogP contribution in [-0.2, 0) is 0 Å². The van der Waals surface area contributed by atoms with Gasteiger partial charge in [-0.3, -0.25) is 4.79 Å². The number of amides is 1. The molecule has 0 heterocycles. The molecule has 1 saturated carbocycles. The molecule has 28 heavy (non-hydrogen) atoms. The normalized spacial score (nSPS) is 17.4. The molecule has 2 rings (SSSR count). The first-order valence-corrected chi connectivity index (χ1v) is 10.8. The first-order chi connectivity index (χ1) is 13.4. The molecule has 0 spiro atoms. The van der Waals surface area contributed by atoms with Crippen molar-refractivity contribution in [2.75, 3.05) is 0 Å². The molecule has 152 valence electrons. The average Bonchev–Trinajstić information content (AvgIpc) is 2.92. The molecule has 6 heteroatoms. The third kappa shape index (κ3) is 7.10. The van der Waals surface area contributed by atoms with E-state index < -0.39 is 5.83 Å². The summed E-state index contributed by atoms with van der Waals surface area (Å²) < 4.78 is 27.9. The van der Waals surface area contributed by atoms with Crippen molar-refractivity contribution in [2.24, 2.45) is 0 Å². The molecule has 0 unspecified atom stereocenters. The van der Waals surface area contributed by atoms with Crippen molar-refractivity contribution >= 4 is 29.3 Å². The Morgan fingerprint density at radius 2 is 1.93 bits per heavy atom. The van der Waals surface area contributed by atoms with Gasteiger partial charge in [0.2, 0.25) is 0 Å². The van der Waals surface area contributed by atoms with Crippen molar-refractivity contribution in [1.82, 2.24) is 5.32 Å². The topological polar surface area (TPSA) is 29.1 Å². The van der Waals surface area contributed by atoms with Gasteiger partial charge in [-0.2, -0.15) is 0 Å². The Balaban J connectivity index is 2.10. The minimum Gasteiger partial charge on any atom is -0.326 e. The Kier molecular flexibility index (Phi) is 9.26. The summed E-state index contributed by atoms with van der Waals surface area (Å²) in [4.78, 5) is 13.0. The molecule has 0 bridgehead atoms. The predicted molar refractivity (Wildman–Crippen MR) is 114 cm³/mol. The molecule has 2 nitrogen and oxygen atoms in total. The van der Waals surface area contributed by atoms with E-state index in [0.717, 1.165) is 12.8 Å². The Hall–Kier alpha value is -1.59. The molecule has 1 aliphatic rings. The zero-order valence-corrected chi connectivity index (χ0v) is 17.8. The first-order valence-electron chi connectivity index (χ1n) is 9.54. The number of rotatable bonds is 6. The number of thioether (sulfide) groups is 1. The second-order valence-corrected chi connectivity index (χ2v) is 8.60. The van der Waals surface area contributed by atoms with Gasteiger partial charge in [0.25, 0.3) is 5.91 Å². The van der Waals surface area contributed by atoms with Crippen LogP contribution in [0.5, 0.6) is 0 Å². The molecule has 0 aromatic heterocycles. The summed E-state index contributed by atoms with van der Waals surface area (Å²) in [6, 6.07) is 4.36. The third-order valence-electron chi connectivity index (χ3n) is 4.48. The van der Waals surface area contributed by atoms with Crippen LogP contribution in [-0.4, -0.2) is 11.2 Å². The molecule has 1 amide bonds. The maximum absolute atomic E-state index is 14.2.